The normalized spacial score (nSPS) is 12.4. The number of amides is 1. The van der Waals surface area contributed by atoms with E-state index in [4.69, 9.17) is 4.74 Å². The zero-order valence-electron chi connectivity index (χ0n) is 49.9. The van der Waals surface area contributed by atoms with Gasteiger partial charge in [-0.25, -0.2) is 0 Å². The fourth-order valence-corrected chi connectivity index (χ4v) is 11.0. The van der Waals surface area contributed by atoms with Crippen LogP contribution in [0.2, 0.25) is 0 Å². The van der Waals surface area contributed by atoms with E-state index < -0.39 is 12.1 Å². The smallest absolute Gasteiger partial charge is 0.305 e. The van der Waals surface area contributed by atoms with Gasteiger partial charge in [0, 0.05) is 12.8 Å². The van der Waals surface area contributed by atoms with E-state index in [0.29, 0.717) is 25.9 Å². The lowest BCUT2D eigenvalue weighted by Crippen LogP contribution is -2.45. The molecule has 0 aromatic rings. The largest absolute Gasteiger partial charge is 0.466 e. The number of nitrogens with one attached hydrogen (secondary N) is 1. The van der Waals surface area contributed by atoms with Gasteiger partial charge in [0.15, 0.2) is 0 Å². The second kappa shape index (κ2) is 63.4. The number of esters is 1. The van der Waals surface area contributed by atoms with Gasteiger partial charge in [-0.1, -0.05) is 354 Å². The summed E-state index contributed by atoms with van der Waals surface area (Å²) in [5.74, 6) is -0.0142. The van der Waals surface area contributed by atoms with Gasteiger partial charge in [-0.05, 0) is 25.7 Å². The summed E-state index contributed by atoms with van der Waals surface area (Å²) in [7, 11) is 0. The second-order valence-electron chi connectivity index (χ2n) is 23.5. The predicted molar refractivity (Wildman–Crippen MR) is 320 cm³/mol. The van der Waals surface area contributed by atoms with Gasteiger partial charge in [-0.3, -0.25) is 9.59 Å². The first kappa shape index (κ1) is 71.9. The second-order valence-corrected chi connectivity index (χ2v) is 23.5. The van der Waals surface area contributed by atoms with E-state index in [1.54, 1.807) is 0 Å². The molecule has 0 saturated heterocycles. The van der Waals surface area contributed by atoms with Crippen LogP contribution < -0.4 is 5.32 Å². The molecule has 2 unspecified atom stereocenters. The van der Waals surface area contributed by atoms with Gasteiger partial charge >= 0.3 is 5.97 Å². The van der Waals surface area contributed by atoms with E-state index in [9.17, 15) is 19.8 Å². The van der Waals surface area contributed by atoms with Crippen molar-refractivity contribution in [2.45, 2.75) is 405 Å². The highest BCUT2D eigenvalue weighted by molar-refractivity contribution is 5.76. The minimum absolute atomic E-state index is 0.0169. The Labute approximate surface area is 457 Å². The van der Waals surface area contributed by atoms with E-state index in [0.717, 1.165) is 38.5 Å². The number of unbranched alkanes of at least 4 members (excludes halogenated alkanes) is 53. The van der Waals surface area contributed by atoms with Crippen LogP contribution in [0.15, 0.2) is 0 Å². The highest BCUT2D eigenvalue weighted by Gasteiger charge is 2.20. The third kappa shape index (κ3) is 60.0. The number of aliphatic hydroxyl groups excluding tert-OH is 2. The van der Waals surface area contributed by atoms with Crippen molar-refractivity contribution in [1.29, 1.82) is 0 Å². The molecule has 73 heavy (non-hydrogen) atoms. The Kier molecular flexibility index (Phi) is 62.4. The number of carbonyl (C=O) groups excluding carboxylic acids is 2. The van der Waals surface area contributed by atoms with Crippen LogP contribution >= 0.6 is 0 Å². The maximum atomic E-state index is 12.5. The first-order valence-electron chi connectivity index (χ1n) is 33.8. The van der Waals surface area contributed by atoms with Gasteiger partial charge in [0.1, 0.15) is 0 Å². The fourth-order valence-electron chi connectivity index (χ4n) is 11.0. The van der Waals surface area contributed by atoms with Gasteiger partial charge in [0.25, 0.3) is 0 Å². The standard InChI is InChI=1S/C67H133NO5/c1-3-5-7-9-11-13-15-17-19-21-25-28-31-35-39-43-47-51-55-59-65(70)64(63-69)68-66(71)60-56-52-48-44-40-36-32-29-26-23-22-24-27-30-34-38-42-46-50-54-58-62-73-67(72)61-57-53-49-45-41-37-33-20-18-16-14-12-10-8-6-4-2/h64-65,69-70H,3-63H2,1-2H3,(H,68,71). The number of hydrogen-bond donors (Lipinski definition) is 3. The van der Waals surface area contributed by atoms with E-state index in [-0.39, 0.29) is 18.5 Å². The number of rotatable bonds is 64. The average molecular weight is 1030 g/mol. The quantitative estimate of drug-likeness (QED) is 0.0417. The van der Waals surface area contributed by atoms with Crippen LogP contribution in [0.3, 0.4) is 0 Å². The molecule has 436 valence electrons. The SMILES string of the molecule is CCCCCCCCCCCCCCCCCCCCCC(O)C(CO)NC(=O)CCCCCCCCCCCCCCCCCCCCCCCOC(=O)CCCCCCCCCCCCCCCCCC. The van der Waals surface area contributed by atoms with Crippen LogP contribution in [-0.2, 0) is 14.3 Å². The van der Waals surface area contributed by atoms with Crippen molar-refractivity contribution >= 4 is 11.9 Å². The summed E-state index contributed by atoms with van der Waals surface area (Å²) < 4.78 is 5.50. The number of aliphatic hydroxyl groups is 2. The molecule has 0 rings (SSSR count). The summed E-state index contributed by atoms with van der Waals surface area (Å²) in [4.78, 5) is 24.6. The summed E-state index contributed by atoms with van der Waals surface area (Å²) >= 11 is 0. The molecule has 0 saturated carbocycles. The summed E-state index contributed by atoms with van der Waals surface area (Å²) in [5.41, 5.74) is 0. The molecule has 0 aliphatic carbocycles. The number of ether oxygens (including phenoxy) is 1. The lowest BCUT2D eigenvalue weighted by atomic mass is 10.0. The molecule has 0 bridgehead atoms. The van der Waals surface area contributed by atoms with Gasteiger partial charge in [0.05, 0.1) is 25.4 Å². The van der Waals surface area contributed by atoms with Crippen molar-refractivity contribution in [2.75, 3.05) is 13.2 Å². The van der Waals surface area contributed by atoms with Crippen LogP contribution in [0.4, 0.5) is 0 Å². The minimum atomic E-state index is -0.664. The summed E-state index contributed by atoms with van der Waals surface area (Å²) in [6.07, 6.45) is 75.6. The Morgan fingerprint density at radius 1 is 0.329 bits per heavy atom. The topological polar surface area (TPSA) is 95.9 Å². The van der Waals surface area contributed by atoms with Crippen molar-refractivity contribution < 1.29 is 24.5 Å². The van der Waals surface area contributed by atoms with Crippen molar-refractivity contribution in [3.63, 3.8) is 0 Å². The van der Waals surface area contributed by atoms with Gasteiger partial charge in [-0.2, -0.15) is 0 Å². The van der Waals surface area contributed by atoms with Crippen molar-refractivity contribution in [2.24, 2.45) is 0 Å². The number of carbonyl (C=O) groups is 2. The van der Waals surface area contributed by atoms with Crippen LogP contribution in [0.5, 0.6) is 0 Å². The fraction of sp³-hybridized carbons (Fsp3) is 0.970. The molecule has 0 aromatic carbocycles. The molecule has 6 nitrogen and oxygen atoms in total. The Morgan fingerprint density at radius 2 is 0.562 bits per heavy atom. The molecule has 0 heterocycles. The highest BCUT2D eigenvalue weighted by atomic mass is 16.5. The first-order valence-corrected chi connectivity index (χ1v) is 33.8. The molecule has 0 fully saturated rings. The zero-order chi connectivity index (χ0) is 52.9. The Bertz CT molecular complexity index is 1050. The summed E-state index contributed by atoms with van der Waals surface area (Å²) in [6, 6.07) is -0.542. The third-order valence-electron chi connectivity index (χ3n) is 16.2. The van der Waals surface area contributed by atoms with Crippen LogP contribution in [0.25, 0.3) is 0 Å². The summed E-state index contributed by atoms with van der Waals surface area (Å²) in [5, 5.41) is 23.4. The van der Waals surface area contributed by atoms with Crippen LogP contribution in [-0.4, -0.2) is 47.4 Å². The Hall–Kier alpha value is -1.14. The van der Waals surface area contributed by atoms with E-state index in [2.05, 4.69) is 19.2 Å². The third-order valence-corrected chi connectivity index (χ3v) is 16.2. The Morgan fingerprint density at radius 3 is 0.836 bits per heavy atom. The van der Waals surface area contributed by atoms with Crippen LogP contribution in [0.1, 0.15) is 393 Å². The molecule has 1 amide bonds. The molecule has 2 atom stereocenters. The van der Waals surface area contributed by atoms with Gasteiger partial charge in [-0.15, -0.1) is 0 Å². The average Bonchev–Trinajstić information content (AvgIpc) is 3.39. The molecule has 0 aliphatic rings. The van der Waals surface area contributed by atoms with Crippen molar-refractivity contribution in [3.05, 3.63) is 0 Å². The maximum Gasteiger partial charge on any atom is 0.305 e. The molecule has 0 aliphatic heterocycles. The van der Waals surface area contributed by atoms with Crippen molar-refractivity contribution in [1.82, 2.24) is 5.32 Å². The zero-order valence-corrected chi connectivity index (χ0v) is 49.9. The first-order chi connectivity index (χ1) is 36.0. The van der Waals surface area contributed by atoms with E-state index in [1.165, 1.54) is 321 Å². The molecule has 0 radical (unpaired) electrons. The monoisotopic (exact) mass is 1030 g/mol. The lowest BCUT2D eigenvalue weighted by molar-refractivity contribution is -0.143. The molecular weight excluding hydrogens is 899 g/mol. The van der Waals surface area contributed by atoms with E-state index in [1.807, 2.05) is 0 Å². The maximum absolute atomic E-state index is 12.5. The molecule has 0 spiro atoms. The minimum Gasteiger partial charge on any atom is -0.466 e. The van der Waals surface area contributed by atoms with Crippen LogP contribution in [0, 0.1) is 0 Å². The Balaban J connectivity index is 3.36. The predicted octanol–water partition coefficient (Wildman–Crippen LogP) is 21.4. The molecular formula is C67H133NO5. The highest BCUT2D eigenvalue weighted by Crippen LogP contribution is 2.19. The summed E-state index contributed by atoms with van der Waals surface area (Å²) in [6.45, 7) is 5.00. The number of hydrogen-bond acceptors (Lipinski definition) is 5. The van der Waals surface area contributed by atoms with Gasteiger partial charge in [0.2, 0.25) is 5.91 Å². The molecule has 0 aromatic heterocycles. The molecule has 3 N–H and O–H groups in total. The molecule has 6 heteroatoms. The lowest BCUT2D eigenvalue weighted by Gasteiger charge is -2.22. The van der Waals surface area contributed by atoms with Gasteiger partial charge < -0.3 is 20.3 Å². The van der Waals surface area contributed by atoms with Crippen molar-refractivity contribution in [3.8, 4) is 0 Å². The van der Waals surface area contributed by atoms with E-state index >= 15 is 0 Å².